The van der Waals surface area contributed by atoms with Gasteiger partial charge in [0, 0.05) is 6.54 Å². The minimum atomic E-state index is -2.83. The maximum atomic E-state index is 16.2. The van der Waals surface area contributed by atoms with E-state index in [1.54, 1.807) is 0 Å². The third-order valence-corrected chi connectivity index (χ3v) is 7.48. The van der Waals surface area contributed by atoms with E-state index in [-0.39, 0.29) is 10.5 Å². The van der Waals surface area contributed by atoms with Gasteiger partial charge in [-0.15, -0.1) is 0 Å². The van der Waals surface area contributed by atoms with Crippen LogP contribution in [-0.2, 0) is 6.54 Å². The Balaban J connectivity index is 1.93. The van der Waals surface area contributed by atoms with Crippen molar-refractivity contribution in [3.63, 3.8) is 0 Å². The molecular weight excluding hydrogens is 690 g/mol. The summed E-state index contributed by atoms with van der Waals surface area (Å²) in [5, 5.41) is -12.9. The molecule has 0 atom stereocenters. The third kappa shape index (κ3) is 4.28. The van der Waals surface area contributed by atoms with E-state index in [4.69, 9.17) is 0 Å². The molecule has 248 valence electrons. The summed E-state index contributed by atoms with van der Waals surface area (Å²) in [5.41, 5.74) is -4.43. The fourth-order valence-electron chi connectivity index (χ4n) is 5.38. The maximum Gasteiger partial charge on any atom is 0.198 e. The minimum Gasteiger partial charge on any atom is -0.331 e. The molecular formula is C31H7F16N. The second-order valence-corrected chi connectivity index (χ2v) is 10.0. The van der Waals surface area contributed by atoms with Gasteiger partial charge in [0.1, 0.15) is 11.6 Å². The van der Waals surface area contributed by atoms with E-state index < -0.39 is 143 Å². The van der Waals surface area contributed by atoms with Gasteiger partial charge in [0.05, 0.1) is 43.7 Å². The van der Waals surface area contributed by atoms with Gasteiger partial charge in [-0.2, -0.15) is 0 Å². The van der Waals surface area contributed by atoms with Crippen molar-refractivity contribution in [3.05, 3.63) is 129 Å². The Morgan fingerprint density at radius 3 is 0.958 bits per heavy atom. The molecule has 6 aromatic rings. The molecule has 48 heavy (non-hydrogen) atoms. The molecule has 6 aromatic carbocycles. The van der Waals surface area contributed by atoms with Crippen molar-refractivity contribution in [1.29, 1.82) is 0 Å². The van der Waals surface area contributed by atoms with E-state index in [0.717, 1.165) is 12.1 Å². The van der Waals surface area contributed by atoms with E-state index in [2.05, 4.69) is 0 Å². The highest BCUT2D eigenvalue weighted by molar-refractivity contribution is 6.09. The topological polar surface area (TPSA) is 3.24 Å². The van der Waals surface area contributed by atoms with Crippen LogP contribution in [0.2, 0.25) is 0 Å². The number of halogens is 16. The largest absolute Gasteiger partial charge is 0.331 e. The van der Waals surface area contributed by atoms with Crippen molar-refractivity contribution in [2.24, 2.45) is 0 Å². The SMILES string of the molecule is Fc1c(F)c(F)c2c(N(Cc3ccccc3)c3c(F)c(F)c(F)c4c(F)c5c(F)c(F)c(F)c(F)c5c(F)c34)c(F)c(F)c(F)c2c1F. The van der Waals surface area contributed by atoms with Crippen molar-refractivity contribution in [1.82, 2.24) is 0 Å². The van der Waals surface area contributed by atoms with Crippen LogP contribution in [0, 0.1) is 93.1 Å². The van der Waals surface area contributed by atoms with Gasteiger partial charge in [-0.25, -0.2) is 70.2 Å². The lowest BCUT2D eigenvalue weighted by molar-refractivity contribution is 0.410. The number of anilines is 2. The zero-order chi connectivity index (χ0) is 35.3. The summed E-state index contributed by atoms with van der Waals surface area (Å²) in [7, 11) is 0. The molecule has 0 saturated carbocycles. The average Bonchev–Trinajstić information content (AvgIpc) is 3.06. The highest BCUT2D eigenvalue weighted by Crippen LogP contribution is 2.48. The molecule has 0 aliphatic carbocycles. The zero-order valence-electron chi connectivity index (χ0n) is 22.6. The van der Waals surface area contributed by atoms with Gasteiger partial charge >= 0.3 is 0 Å². The minimum absolute atomic E-state index is 0.289. The molecule has 0 aliphatic rings. The Hall–Kier alpha value is -5.22. The molecule has 0 heterocycles. The molecule has 6 rings (SSSR count). The molecule has 0 radical (unpaired) electrons. The molecule has 0 fully saturated rings. The van der Waals surface area contributed by atoms with Crippen LogP contribution >= 0.6 is 0 Å². The van der Waals surface area contributed by atoms with Crippen molar-refractivity contribution < 1.29 is 70.2 Å². The number of hydrogen-bond acceptors (Lipinski definition) is 1. The first-order valence-electron chi connectivity index (χ1n) is 12.8. The standard InChI is InChI=1S/C31H7F16N/c32-14-8-9(17(35)23(41)22(40)16(8)34)15(33)12-10(14)18(36)26(44)28(46)30(12)48(6-7-4-2-1-3-5-7)31-13-11(20(38)27(45)29(31)47)19(37)24(42)25(43)21(13)39/h1-5H,6H2. The lowest BCUT2D eigenvalue weighted by Gasteiger charge is -2.30. The lowest BCUT2D eigenvalue weighted by atomic mass is 9.96. The first-order chi connectivity index (χ1) is 22.5. The summed E-state index contributed by atoms with van der Waals surface area (Å²) in [4.78, 5) is -0.321. The second-order valence-electron chi connectivity index (χ2n) is 10.0. The van der Waals surface area contributed by atoms with Crippen LogP contribution < -0.4 is 4.90 Å². The zero-order valence-corrected chi connectivity index (χ0v) is 22.6. The number of hydrogen-bond donors (Lipinski definition) is 0. The fraction of sp³-hybridized carbons (Fsp3) is 0.0323. The molecule has 0 spiro atoms. The lowest BCUT2D eigenvalue weighted by Crippen LogP contribution is -2.23. The van der Waals surface area contributed by atoms with E-state index >= 15 is 30.7 Å². The predicted octanol–water partition coefficient (Wildman–Crippen LogP) is 10.7. The summed E-state index contributed by atoms with van der Waals surface area (Å²) < 4.78 is 240. The Labute approximate surface area is 254 Å². The third-order valence-electron chi connectivity index (χ3n) is 7.48. The first-order valence-corrected chi connectivity index (χ1v) is 12.8. The molecule has 0 amide bonds. The van der Waals surface area contributed by atoms with Gasteiger partial charge in [-0.3, -0.25) is 0 Å². The van der Waals surface area contributed by atoms with Crippen LogP contribution in [0.4, 0.5) is 81.6 Å². The molecule has 0 bridgehead atoms. The number of benzene rings is 6. The van der Waals surface area contributed by atoms with Gasteiger partial charge in [-0.05, 0) is 5.56 Å². The maximum absolute atomic E-state index is 16.2. The summed E-state index contributed by atoms with van der Waals surface area (Å²) in [5.74, 6) is -43.5. The Morgan fingerprint density at radius 2 is 0.562 bits per heavy atom. The van der Waals surface area contributed by atoms with Crippen molar-refractivity contribution in [2.75, 3.05) is 4.90 Å². The number of nitrogens with zero attached hydrogens (tertiary/aromatic N) is 1. The van der Waals surface area contributed by atoms with E-state index in [1.807, 2.05) is 0 Å². The summed E-state index contributed by atoms with van der Waals surface area (Å²) in [6, 6.07) is 5.78. The van der Waals surface area contributed by atoms with Gasteiger partial charge in [0.2, 0.25) is 0 Å². The van der Waals surface area contributed by atoms with Crippen LogP contribution in [0.5, 0.6) is 0 Å². The van der Waals surface area contributed by atoms with Crippen LogP contribution in [0.15, 0.2) is 30.3 Å². The van der Waals surface area contributed by atoms with Crippen molar-refractivity contribution in [3.8, 4) is 0 Å². The first kappa shape index (κ1) is 32.7. The normalized spacial score (nSPS) is 11.8. The highest BCUT2D eigenvalue weighted by atomic mass is 19.2. The fourth-order valence-corrected chi connectivity index (χ4v) is 5.38. The van der Waals surface area contributed by atoms with Crippen LogP contribution in [0.3, 0.4) is 0 Å². The molecule has 0 aromatic heterocycles. The van der Waals surface area contributed by atoms with E-state index in [0.29, 0.717) is 0 Å². The molecule has 0 unspecified atom stereocenters. The molecule has 0 saturated heterocycles. The quantitative estimate of drug-likeness (QED) is 0.0767. The van der Waals surface area contributed by atoms with Gasteiger partial charge < -0.3 is 4.90 Å². The van der Waals surface area contributed by atoms with Crippen molar-refractivity contribution >= 4 is 43.7 Å². The Bertz CT molecular complexity index is 2380. The molecule has 1 nitrogen and oxygen atoms in total. The van der Waals surface area contributed by atoms with Crippen LogP contribution in [-0.4, -0.2) is 0 Å². The second kappa shape index (κ2) is 11.2. The van der Waals surface area contributed by atoms with Crippen LogP contribution in [0.25, 0.3) is 32.3 Å². The molecule has 17 heteroatoms. The summed E-state index contributed by atoms with van der Waals surface area (Å²) in [6.45, 7) is -1.36. The van der Waals surface area contributed by atoms with E-state index in [9.17, 15) is 39.5 Å². The van der Waals surface area contributed by atoms with Crippen molar-refractivity contribution in [2.45, 2.75) is 6.54 Å². The van der Waals surface area contributed by atoms with Crippen LogP contribution in [0.1, 0.15) is 5.56 Å². The number of fused-ring (bicyclic) bond motifs is 3. The molecule has 0 aliphatic heterocycles. The monoisotopic (exact) mass is 697 g/mol. The van der Waals surface area contributed by atoms with Gasteiger partial charge in [0.25, 0.3) is 0 Å². The van der Waals surface area contributed by atoms with Gasteiger partial charge in [-0.1, -0.05) is 30.3 Å². The smallest absolute Gasteiger partial charge is 0.198 e. The summed E-state index contributed by atoms with van der Waals surface area (Å²) in [6.07, 6.45) is 0. The highest BCUT2D eigenvalue weighted by Gasteiger charge is 2.38. The Morgan fingerprint density at radius 1 is 0.292 bits per heavy atom. The predicted molar refractivity (Wildman–Crippen MR) is 137 cm³/mol. The molecule has 0 N–H and O–H groups in total. The van der Waals surface area contributed by atoms with E-state index in [1.165, 1.54) is 18.2 Å². The average molecular weight is 697 g/mol. The number of rotatable bonds is 4. The summed E-state index contributed by atoms with van der Waals surface area (Å²) >= 11 is 0. The van der Waals surface area contributed by atoms with Gasteiger partial charge in [0.15, 0.2) is 81.4 Å². The Kier molecular flexibility index (Phi) is 7.63.